The minimum absolute atomic E-state index is 0.0323. The highest BCUT2D eigenvalue weighted by Crippen LogP contribution is 2.28. The van der Waals surface area contributed by atoms with Gasteiger partial charge in [-0.15, -0.1) is 0 Å². The zero-order chi connectivity index (χ0) is 36.7. The molecule has 5 rings (SSSR count). The van der Waals surface area contributed by atoms with Crippen molar-refractivity contribution in [2.24, 2.45) is 12.8 Å². The number of carbonyl (C=O) groups is 3. The fourth-order valence-electron chi connectivity index (χ4n) is 4.93. The van der Waals surface area contributed by atoms with Crippen LogP contribution in [-0.4, -0.2) is 73.0 Å². The molecule has 0 aliphatic heterocycles. The Morgan fingerprint density at radius 3 is 2.04 bits per heavy atom. The lowest BCUT2D eigenvalue weighted by atomic mass is 9.90. The van der Waals surface area contributed by atoms with E-state index in [0.29, 0.717) is 11.5 Å². The molecule has 19 heteroatoms. The van der Waals surface area contributed by atoms with Gasteiger partial charge >= 0.3 is 24.3 Å². The third-order valence-electron chi connectivity index (χ3n) is 7.17. The number of hydrogen-bond acceptors (Lipinski definition) is 7. The summed E-state index contributed by atoms with van der Waals surface area (Å²) >= 11 is 0. The molecule has 1 saturated carbocycles. The molecule has 0 bridgehead atoms. The summed E-state index contributed by atoms with van der Waals surface area (Å²) in [5, 5.41) is 33.4. The molecule has 1 fully saturated rings. The third kappa shape index (κ3) is 10.4. The predicted molar refractivity (Wildman–Crippen MR) is 167 cm³/mol. The van der Waals surface area contributed by atoms with E-state index in [1.54, 1.807) is 0 Å². The maximum Gasteiger partial charge on any atom is 0.490 e. The van der Waals surface area contributed by atoms with Crippen molar-refractivity contribution in [1.29, 1.82) is 5.41 Å². The van der Waals surface area contributed by atoms with Gasteiger partial charge < -0.3 is 31.1 Å². The maximum atomic E-state index is 13.2. The van der Waals surface area contributed by atoms with Gasteiger partial charge in [0.15, 0.2) is 5.96 Å². The van der Waals surface area contributed by atoms with E-state index in [1.807, 2.05) is 67.1 Å². The number of aromatic nitrogens is 3. The van der Waals surface area contributed by atoms with Crippen molar-refractivity contribution in [3.05, 3.63) is 59.8 Å². The first kappa shape index (κ1) is 37.8. The monoisotopic (exact) mass is 698 g/mol. The molecular weight excluding hydrogens is 666 g/mol. The Morgan fingerprint density at radius 1 is 0.918 bits per heavy atom. The topological polar surface area (TPSA) is 208 Å². The first-order valence-electron chi connectivity index (χ1n) is 14.4. The van der Waals surface area contributed by atoms with Crippen LogP contribution in [0.3, 0.4) is 0 Å². The van der Waals surface area contributed by atoms with Gasteiger partial charge in [-0.05, 0) is 44.0 Å². The molecule has 0 radical (unpaired) electrons. The Hall–Kier alpha value is -5.62. The van der Waals surface area contributed by atoms with Crippen LogP contribution in [-0.2, 0) is 16.6 Å². The van der Waals surface area contributed by atoms with Gasteiger partial charge in [0.2, 0.25) is 5.95 Å². The highest BCUT2D eigenvalue weighted by atomic mass is 19.4. The average molecular weight is 699 g/mol. The smallest absolute Gasteiger partial charge is 0.475 e. The van der Waals surface area contributed by atoms with Crippen LogP contribution in [0.15, 0.2) is 48.5 Å². The van der Waals surface area contributed by atoms with E-state index in [1.165, 1.54) is 0 Å². The molecule has 4 aromatic rings. The molecule has 264 valence electrons. The fourth-order valence-corrected chi connectivity index (χ4v) is 4.93. The quantitative estimate of drug-likeness (QED) is 0.0828. The van der Waals surface area contributed by atoms with E-state index in [-0.39, 0.29) is 29.9 Å². The van der Waals surface area contributed by atoms with Crippen molar-refractivity contribution < 1.29 is 50.9 Å². The Kier molecular flexibility index (Phi) is 12.0. The molecule has 0 spiro atoms. The van der Waals surface area contributed by atoms with Gasteiger partial charge in [0, 0.05) is 35.4 Å². The number of carboxylic acid groups (broad SMARTS) is 2. The molecule has 49 heavy (non-hydrogen) atoms. The molecule has 2 unspecified atom stereocenters. The van der Waals surface area contributed by atoms with Crippen LogP contribution < -0.4 is 21.7 Å². The van der Waals surface area contributed by atoms with Crippen LogP contribution >= 0.6 is 0 Å². The van der Waals surface area contributed by atoms with Crippen LogP contribution in [0.5, 0.6) is 0 Å². The molecule has 1 amide bonds. The van der Waals surface area contributed by atoms with Gasteiger partial charge in [-0.2, -0.15) is 31.3 Å². The molecule has 2 aromatic heterocycles. The van der Waals surface area contributed by atoms with Crippen molar-refractivity contribution >= 4 is 57.4 Å². The number of anilines is 2. The third-order valence-corrected chi connectivity index (χ3v) is 7.17. The lowest BCUT2D eigenvalue weighted by Crippen LogP contribution is -2.50. The zero-order valence-corrected chi connectivity index (χ0v) is 25.9. The Morgan fingerprint density at radius 2 is 1.49 bits per heavy atom. The molecule has 2 atom stereocenters. The zero-order valence-electron chi connectivity index (χ0n) is 25.9. The summed E-state index contributed by atoms with van der Waals surface area (Å²) in [4.78, 5) is 40.3. The molecule has 13 nitrogen and oxygen atoms in total. The molecule has 1 aliphatic rings. The van der Waals surface area contributed by atoms with Crippen LogP contribution in [0.2, 0.25) is 0 Å². The summed E-state index contributed by atoms with van der Waals surface area (Å²) in [6.07, 6.45) is -6.15. The van der Waals surface area contributed by atoms with E-state index in [2.05, 4.69) is 20.9 Å². The normalized spacial score (nSPS) is 16.0. The second kappa shape index (κ2) is 15.5. The largest absolute Gasteiger partial charge is 0.490 e. The van der Waals surface area contributed by atoms with Gasteiger partial charge in [-0.1, -0.05) is 42.7 Å². The summed E-state index contributed by atoms with van der Waals surface area (Å²) in [5.41, 5.74) is 8.99. The lowest BCUT2D eigenvalue weighted by molar-refractivity contribution is -0.193. The summed E-state index contributed by atoms with van der Waals surface area (Å²) in [6, 6.07) is 15.8. The van der Waals surface area contributed by atoms with Gasteiger partial charge in [0.25, 0.3) is 5.91 Å². The Labute approximate surface area is 274 Å². The number of guanidine groups is 1. The highest BCUT2D eigenvalue weighted by Gasteiger charge is 2.39. The van der Waals surface area contributed by atoms with Crippen molar-refractivity contribution in [3.63, 3.8) is 0 Å². The minimum Gasteiger partial charge on any atom is -0.475 e. The van der Waals surface area contributed by atoms with Crippen LogP contribution in [0.4, 0.5) is 38.1 Å². The average Bonchev–Trinajstić information content (AvgIpc) is 3.34. The summed E-state index contributed by atoms with van der Waals surface area (Å²) in [6.45, 7) is 2.03. The summed E-state index contributed by atoms with van der Waals surface area (Å²) in [5.74, 6) is -4.91. The first-order chi connectivity index (χ1) is 22.8. The molecule has 0 saturated heterocycles. The maximum absolute atomic E-state index is 13.2. The minimum atomic E-state index is -5.08. The number of para-hydroxylation sites is 1. The van der Waals surface area contributed by atoms with Crippen LogP contribution in [0.25, 0.3) is 21.8 Å². The van der Waals surface area contributed by atoms with E-state index in [4.69, 9.17) is 35.9 Å². The molecule has 8 N–H and O–H groups in total. The fraction of sp³-hybridized carbons (Fsp3) is 0.333. The van der Waals surface area contributed by atoms with E-state index >= 15 is 0 Å². The van der Waals surface area contributed by atoms with Gasteiger partial charge in [0.1, 0.15) is 11.5 Å². The number of nitrogens with two attached hydrogens (primary N) is 1. The number of nitrogens with one attached hydrogen (secondary N) is 4. The number of carbonyl (C=O) groups excluding carboxylic acids is 1. The Balaban J connectivity index is 0.000000392. The number of amides is 1. The van der Waals surface area contributed by atoms with Crippen molar-refractivity contribution in [1.82, 2.24) is 19.9 Å². The number of rotatable bonds is 5. The first-order valence-corrected chi connectivity index (χ1v) is 14.4. The van der Waals surface area contributed by atoms with Gasteiger partial charge in [0.05, 0.1) is 5.52 Å². The Bertz CT molecular complexity index is 1820. The number of benzene rings is 2. The number of halogens is 6. The number of nitrogens with zero attached hydrogens (tertiary/aromatic N) is 3. The van der Waals surface area contributed by atoms with Crippen LogP contribution in [0.1, 0.15) is 41.7 Å². The summed E-state index contributed by atoms with van der Waals surface area (Å²) < 4.78 is 65.3. The van der Waals surface area contributed by atoms with E-state index in [9.17, 15) is 31.1 Å². The number of aryl methyl sites for hydroxylation is 2. The number of carboxylic acids is 2. The van der Waals surface area contributed by atoms with Crippen molar-refractivity contribution in [2.45, 2.75) is 57.0 Å². The van der Waals surface area contributed by atoms with Crippen LogP contribution in [0, 0.1) is 12.3 Å². The van der Waals surface area contributed by atoms with Crippen molar-refractivity contribution in [2.75, 3.05) is 10.6 Å². The highest BCUT2D eigenvalue weighted by molar-refractivity contribution is 6.06. The molecule has 2 heterocycles. The molecule has 1 aliphatic carbocycles. The predicted octanol–water partition coefficient (Wildman–Crippen LogP) is 5.15. The van der Waals surface area contributed by atoms with E-state index in [0.717, 1.165) is 53.1 Å². The van der Waals surface area contributed by atoms with Crippen molar-refractivity contribution in [3.8, 4) is 0 Å². The SMILES string of the molecule is Cc1ccc2nc(NC(=O)c3cc4ccccc4n3C)nc(NC3CCCCC3NC(=N)N)c2c1.O=C(O)C(F)(F)F.O=C(O)C(F)(F)F. The second-order valence-corrected chi connectivity index (χ2v) is 10.8. The van der Waals surface area contributed by atoms with E-state index < -0.39 is 24.3 Å². The number of aliphatic carboxylic acids is 2. The van der Waals surface area contributed by atoms with Gasteiger partial charge in [-0.3, -0.25) is 15.5 Å². The summed E-state index contributed by atoms with van der Waals surface area (Å²) in [7, 11) is 1.87. The van der Waals surface area contributed by atoms with Gasteiger partial charge in [-0.25, -0.2) is 14.6 Å². The number of hydrogen-bond donors (Lipinski definition) is 7. The number of alkyl halides is 6. The standard InChI is InChI=1S/C26H30N8O.2C2HF3O2/c1-15-11-12-18-17(13-15)23(29-19-8-4-5-9-20(19)30-25(27)28)32-26(31-18)33-24(35)22-14-16-7-3-6-10-21(16)34(22)2;2*3-2(4,5)1(6)7/h3,6-7,10-14,19-20H,4-5,8-9H2,1-2H3,(H4,27,28,30)(H2,29,31,32,33,35);2*(H,6,7). The molecular formula is C30H32F6N8O5. The second-order valence-electron chi connectivity index (χ2n) is 10.8. The molecule has 2 aromatic carbocycles. The lowest BCUT2D eigenvalue weighted by Gasteiger charge is -2.33. The number of fused-ring (bicyclic) bond motifs is 2.